The van der Waals surface area contributed by atoms with E-state index in [0.29, 0.717) is 0 Å². The Kier molecular flexibility index (Phi) is 2.83. The molecule has 0 bridgehead atoms. The summed E-state index contributed by atoms with van der Waals surface area (Å²) in [6.45, 7) is 0. The molecule has 2 N–H and O–H groups in total. The molecule has 0 amide bonds. The summed E-state index contributed by atoms with van der Waals surface area (Å²) >= 11 is 0. The molecule has 0 aliphatic carbocycles. The summed E-state index contributed by atoms with van der Waals surface area (Å²) in [5.41, 5.74) is 7.37. The Labute approximate surface area is 93.0 Å². The molecule has 1 aromatic carbocycles. The minimum Gasteiger partial charge on any atom is -0.468 e. The number of esters is 1. The Hall–Kier alpha value is -1.94. The number of benzene rings is 1. The third-order valence-corrected chi connectivity index (χ3v) is 2.47. The minimum absolute atomic E-state index is 0.448. The highest BCUT2D eigenvalue weighted by atomic mass is 16.5. The van der Waals surface area contributed by atoms with E-state index < -0.39 is 12.0 Å². The second kappa shape index (κ2) is 4.28. The molecule has 4 nitrogen and oxygen atoms in total. The number of fused-ring (bicyclic) bond motifs is 1. The Balaban J connectivity index is 2.56. The molecule has 1 aromatic heterocycles. The fourth-order valence-corrected chi connectivity index (χ4v) is 1.64. The molecule has 0 fully saturated rings. The van der Waals surface area contributed by atoms with Crippen molar-refractivity contribution in [3.05, 3.63) is 42.1 Å². The van der Waals surface area contributed by atoms with Crippen LogP contribution in [0.15, 0.2) is 36.5 Å². The Morgan fingerprint density at radius 3 is 2.88 bits per heavy atom. The zero-order valence-electron chi connectivity index (χ0n) is 8.88. The highest BCUT2D eigenvalue weighted by molar-refractivity contribution is 5.88. The van der Waals surface area contributed by atoms with E-state index >= 15 is 0 Å². The molecule has 82 valence electrons. The maximum absolute atomic E-state index is 11.4. The molecule has 0 saturated carbocycles. The molecular formula is C12H12N2O2. The highest BCUT2D eigenvalue weighted by Crippen LogP contribution is 2.21. The van der Waals surface area contributed by atoms with E-state index in [1.165, 1.54) is 7.11 Å². The number of pyridine rings is 1. The van der Waals surface area contributed by atoms with Crippen molar-refractivity contribution in [1.29, 1.82) is 0 Å². The van der Waals surface area contributed by atoms with Crippen molar-refractivity contribution >= 4 is 16.9 Å². The van der Waals surface area contributed by atoms with Crippen molar-refractivity contribution in [3.8, 4) is 0 Å². The number of rotatable bonds is 2. The van der Waals surface area contributed by atoms with Crippen LogP contribution in [-0.2, 0) is 9.53 Å². The Bertz CT molecular complexity index is 520. The zero-order chi connectivity index (χ0) is 11.5. The number of aromatic nitrogens is 1. The number of carbonyl (C=O) groups is 1. The number of para-hydroxylation sites is 1. The topological polar surface area (TPSA) is 65.2 Å². The number of carbonyl (C=O) groups excluding carboxylic acids is 1. The molecule has 0 radical (unpaired) electrons. The van der Waals surface area contributed by atoms with Crippen LogP contribution < -0.4 is 5.73 Å². The lowest BCUT2D eigenvalue weighted by Gasteiger charge is -2.11. The van der Waals surface area contributed by atoms with Gasteiger partial charge in [-0.2, -0.15) is 0 Å². The van der Waals surface area contributed by atoms with Crippen molar-refractivity contribution in [3.63, 3.8) is 0 Å². The van der Waals surface area contributed by atoms with E-state index in [1.807, 2.05) is 24.3 Å². The maximum atomic E-state index is 11.4. The first-order valence-corrected chi connectivity index (χ1v) is 4.91. The van der Waals surface area contributed by atoms with Crippen LogP contribution in [0.4, 0.5) is 0 Å². The van der Waals surface area contributed by atoms with Gasteiger partial charge >= 0.3 is 5.97 Å². The minimum atomic E-state index is -0.766. The van der Waals surface area contributed by atoms with Gasteiger partial charge in [-0.25, -0.2) is 0 Å². The monoisotopic (exact) mass is 216 g/mol. The fourth-order valence-electron chi connectivity index (χ4n) is 1.64. The maximum Gasteiger partial charge on any atom is 0.327 e. The third kappa shape index (κ3) is 1.75. The first-order valence-electron chi connectivity index (χ1n) is 4.91. The summed E-state index contributed by atoms with van der Waals surface area (Å²) in [7, 11) is 1.32. The van der Waals surface area contributed by atoms with Crippen molar-refractivity contribution in [1.82, 2.24) is 4.98 Å². The van der Waals surface area contributed by atoms with Crippen LogP contribution in [0.25, 0.3) is 10.9 Å². The van der Waals surface area contributed by atoms with E-state index in [1.54, 1.807) is 12.3 Å². The number of nitrogens with two attached hydrogens (primary N) is 1. The average molecular weight is 216 g/mol. The average Bonchev–Trinajstić information content (AvgIpc) is 2.36. The summed E-state index contributed by atoms with van der Waals surface area (Å²) in [5.74, 6) is -0.448. The Morgan fingerprint density at radius 2 is 2.12 bits per heavy atom. The van der Waals surface area contributed by atoms with Crippen molar-refractivity contribution in [2.75, 3.05) is 7.11 Å². The van der Waals surface area contributed by atoms with Gasteiger partial charge in [-0.05, 0) is 17.7 Å². The second-order valence-electron chi connectivity index (χ2n) is 3.42. The van der Waals surface area contributed by atoms with Gasteiger partial charge < -0.3 is 10.5 Å². The van der Waals surface area contributed by atoms with Crippen LogP contribution in [0, 0.1) is 0 Å². The van der Waals surface area contributed by atoms with Gasteiger partial charge in [-0.1, -0.05) is 18.2 Å². The summed E-state index contributed by atoms with van der Waals surface area (Å²) < 4.78 is 4.63. The van der Waals surface area contributed by atoms with Gasteiger partial charge in [0, 0.05) is 11.6 Å². The quantitative estimate of drug-likeness (QED) is 0.771. The standard InChI is InChI=1S/C12H12N2O2/c1-16-12(15)11(13)9-6-7-14-10-5-3-2-4-8(9)10/h2-7,11H,13H2,1H3. The summed E-state index contributed by atoms with van der Waals surface area (Å²) in [6.07, 6.45) is 1.64. The third-order valence-electron chi connectivity index (χ3n) is 2.47. The van der Waals surface area contributed by atoms with E-state index in [9.17, 15) is 4.79 Å². The van der Waals surface area contributed by atoms with Crippen LogP contribution >= 0.6 is 0 Å². The van der Waals surface area contributed by atoms with Crippen molar-refractivity contribution in [2.45, 2.75) is 6.04 Å². The summed E-state index contributed by atoms with van der Waals surface area (Å²) in [4.78, 5) is 15.6. The van der Waals surface area contributed by atoms with Crippen molar-refractivity contribution < 1.29 is 9.53 Å². The van der Waals surface area contributed by atoms with Gasteiger partial charge in [0.05, 0.1) is 12.6 Å². The second-order valence-corrected chi connectivity index (χ2v) is 3.42. The normalized spacial score (nSPS) is 12.4. The van der Waals surface area contributed by atoms with Crippen LogP contribution in [0.1, 0.15) is 11.6 Å². The van der Waals surface area contributed by atoms with E-state index in [0.717, 1.165) is 16.5 Å². The lowest BCUT2D eigenvalue weighted by molar-refractivity contribution is -0.142. The molecule has 2 aromatic rings. The van der Waals surface area contributed by atoms with Crippen LogP contribution in [0.5, 0.6) is 0 Å². The molecule has 0 spiro atoms. The lowest BCUT2D eigenvalue weighted by atomic mass is 10.0. The van der Waals surface area contributed by atoms with Gasteiger partial charge in [0.1, 0.15) is 6.04 Å². The molecular weight excluding hydrogens is 204 g/mol. The van der Waals surface area contributed by atoms with Gasteiger partial charge in [0.25, 0.3) is 0 Å². The van der Waals surface area contributed by atoms with Gasteiger partial charge in [0.15, 0.2) is 0 Å². The predicted octanol–water partition coefficient (Wildman–Crippen LogP) is 1.41. The fraction of sp³-hybridized carbons (Fsp3) is 0.167. The molecule has 2 rings (SSSR count). The lowest BCUT2D eigenvalue weighted by Crippen LogP contribution is -2.22. The number of methoxy groups -OCH3 is 1. The molecule has 16 heavy (non-hydrogen) atoms. The number of ether oxygens (including phenoxy) is 1. The van der Waals surface area contributed by atoms with E-state index in [-0.39, 0.29) is 0 Å². The first-order chi connectivity index (χ1) is 7.74. The smallest absolute Gasteiger partial charge is 0.327 e. The largest absolute Gasteiger partial charge is 0.468 e. The molecule has 0 aliphatic heterocycles. The molecule has 0 saturated heterocycles. The predicted molar refractivity (Wildman–Crippen MR) is 60.7 cm³/mol. The molecule has 1 atom stereocenters. The van der Waals surface area contributed by atoms with E-state index in [4.69, 9.17) is 5.73 Å². The van der Waals surface area contributed by atoms with Gasteiger partial charge in [0.2, 0.25) is 0 Å². The molecule has 1 heterocycles. The zero-order valence-corrected chi connectivity index (χ0v) is 8.88. The summed E-state index contributed by atoms with van der Waals surface area (Å²) in [6, 6.07) is 8.52. The van der Waals surface area contributed by atoms with Crippen LogP contribution in [-0.4, -0.2) is 18.1 Å². The number of nitrogens with zero attached hydrogens (tertiary/aromatic N) is 1. The van der Waals surface area contributed by atoms with Crippen molar-refractivity contribution in [2.24, 2.45) is 5.73 Å². The Morgan fingerprint density at radius 1 is 1.38 bits per heavy atom. The first kappa shape index (κ1) is 10.6. The molecule has 4 heteroatoms. The van der Waals surface area contributed by atoms with Gasteiger partial charge in [-0.3, -0.25) is 9.78 Å². The number of hydrogen-bond acceptors (Lipinski definition) is 4. The van der Waals surface area contributed by atoms with E-state index in [2.05, 4.69) is 9.72 Å². The SMILES string of the molecule is COC(=O)C(N)c1ccnc2ccccc12. The number of hydrogen-bond donors (Lipinski definition) is 1. The molecule has 0 aliphatic rings. The highest BCUT2D eigenvalue weighted by Gasteiger charge is 2.18. The molecule has 1 unspecified atom stereocenters. The van der Waals surface area contributed by atoms with Gasteiger partial charge in [-0.15, -0.1) is 0 Å². The van der Waals surface area contributed by atoms with Crippen LogP contribution in [0.2, 0.25) is 0 Å². The van der Waals surface area contributed by atoms with Crippen LogP contribution in [0.3, 0.4) is 0 Å². The summed E-state index contributed by atoms with van der Waals surface area (Å²) in [5, 5.41) is 0.878.